The number of hydrogen-bond acceptors (Lipinski definition) is 6. The number of rotatable bonds is 5. The van der Waals surface area contributed by atoms with E-state index in [-0.39, 0.29) is 12.1 Å². The summed E-state index contributed by atoms with van der Waals surface area (Å²) in [6.07, 6.45) is 4.46. The summed E-state index contributed by atoms with van der Waals surface area (Å²) in [6, 6.07) is 7.41. The summed E-state index contributed by atoms with van der Waals surface area (Å²) in [7, 11) is 0. The number of esters is 1. The van der Waals surface area contributed by atoms with Crippen LogP contribution in [0.25, 0.3) is 16.6 Å². The summed E-state index contributed by atoms with van der Waals surface area (Å²) in [5.41, 5.74) is 2.81. The SMILES string of the molecule is CCOC(=O)c1cnn(-c2ccnc3cc(Cl)ccc23)c1CN1CCC(O)CC1. The van der Waals surface area contributed by atoms with Crippen molar-refractivity contribution in [2.75, 3.05) is 19.7 Å². The molecule has 3 aromatic rings. The number of aliphatic hydroxyl groups is 1. The number of ether oxygens (including phenoxy) is 1. The van der Waals surface area contributed by atoms with E-state index in [2.05, 4.69) is 15.0 Å². The van der Waals surface area contributed by atoms with Gasteiger partial charge in [-0.2, -0.15) is 5.10 Å². The Bertz CT molecular complexity index is 1030. The molecule has 0 radical (unpaired) electrons. The summed E-state index contributed by atoms with van der Waals surface area (Å²) < 4.78 is 7.03. The van der Waals surface area contributed by atoms with Gasteiger partial charge in [0.1, 0.15) is 5.56 Å². The molecular weight excluding hydrogens is 392 g/mol. The van der Waals surface area contributed by atoms with Crippen molar-refractivity contribution in [1.82, 2.24) is 19.7 Å². The molecule has 8 heteroatoms. The normalized spacial score (nSPS) is 15.7. The first-order valence-electron chi connectivity index (χ1n) is 9.76. The molecule has 0 bridgehead atoms. The summed E-state index contributed by atoms with van der Waals surface area (Å²) in [4.78, 5) is 19.2. The number of benzene rings is 1. The van der Waals surface area contributed by atoms with Crippen molar-refractivity contribution in [2.24, 2.45) is 0 Å². The van der Waals surface area contributed by atoms with Crippen LogP contribution in [0.3, 0.4) is 0 Å². The fourth-order valence-corrected chi connectivity index (χ4v) is 3.86. The number of pyridine rings is 1. The third-order valence-corrected chi connectivity index (χ3v) is 5.44. The van der Waals surface area contributed by atoms with Gasteiger partial charge in [0, 0.05) is 36.2 Å². The van der Waals surface area contributed by atoms with Crippen LogP contribution in [0.1, 0.15) is 35.8 Å². The zero-order valence-electron chi connectivity index (χ0n) is 16.2. The smallest absolute Gasteiger partial charge is 0.341 e. The largest absolute Gasteiger partial charge is 0.462 e. The van der Waals surface area contributed by atoms with Gasteiger partial charge in [0.05, 0.1) is 35.8 Å². The van der Waals surface area contributed by atoms with Crippen molar-refractivity contribution in [3.8, 4) is 5.69 Å². The van der Waals surface area contributed by atoms with E-state index in [0.29, 0.717) is 23.7 Å². The van der Waals surface area contributed by atoms with Gasteiger partial charge in [-0.15, -0.1) is 0 Å². The fourth-order valence-electron chi connectivity index (χ4n) is 3.69. The predicted molar refractivity (Wildman–Crippen MR) is 110 cm³/mol. The quantitative estimate of drug-likeness (QED) is 0.646. The number of likely N-dealkylation sites (tertiary alicyclic amines) is 1. The van der Waals surface area contributed by atoms with Crippen LogP contribution in [0, 0.1) is 0 Å². The van der Waals surface area contributed by atoms with E-state index in [4.69, 9.17) is 16.3 Å². The molecule has 1 N–H and O–H groups in total. The Balaban J connectivity index is 1.78. The van der Waals surface area contributed by atoms with E-state index in [9.17, 15) is 9.90 Å². The second-order valence-corrected chi connectivity index (χ2v) is 7.57. The number of fused-ring (bicyclic) bond motifs is 1. The van der Waals surface area contributed by atoms with Gasteiger partial charge in [0.2, 0.25) is 0 Å². The number of aliphatic hydroxyl groups excluding tert-OH is 1. The lowest BCUT2D eigenvalue weighted by Gasteiger charge is -2.29. The Morgan fingerprint density at radius 3 is 2.86 bits per heavy atom. The second kappa shape index (κ2) is 8.49. The molecule has 7 nitrogen and oxygen atoms in total. The highest BCUT2D eigenvalue weighted by Crippen LogP contribution is 2.26. The molecule has 29 heavy (non-hydrogen) atoms. The standard InChI is InChI=1S/C21H23ClN4O3/c1-2-29-21(28)17-12-24-26(20(17)13-25-9-6-15(27)7-10-25)19-5-8-23-18-11-14(22)3-4-16(18)19/h3-5,8,11-12,15,27H,2,6-7,9-10,13H2,1H3. The third-order valence-electron chi connectivity index (χ3n) is 5.20. The molecule has 152 valence electrons. The maximum absolute atomic E-state index is 12.5. The molecule has 1 aliphatic rings. The van der Waals surface area contributed by atoms with Crippen LogP contribution in [0.15, 0.2) is 36.7 Å². The highest BCUT2D eigenvalue weighted by atomic mass is 35.5. The lowest BCUT2D eigenvalue weighted by molar-refractivity contribution is 0.0519. The van der Waals surface area contributed by atoms with E-state index in [0.717, 1.165) is 48.2 Å². The van der Waals surface area contributed by atoms with Crippen LogP contribution in [-0.4, -0.2) is 56.5 Å². The number of hydrogen-bond donors (Lipinski definition) is 1. The first-order chi connectivity index (χ1) is 14.1. The van der Waals surface area contributed by atoms with Crippen LogP contribution < -0.4 is 0 Å². The Hall–Kier alpha value is -2.48. The molecule has 2 aromatic heterocycles. The minimum absolute atomic E-state index is 0.255. The highest BCUT2D eigenvalue weighted by molar-refractivity contribution is 6.31. The lowest BCUT2D eigenvalue weighted by Crippen LogP contribution is -2.36. The van der Waals surface area contributed by atoms with Gasteiger partial charge in [-0.05, 0) is 44.0 Å². The Morgan fingerprint density at radius 2 is 2.10 bits per heavy atom. The van der Waals surface area contributed by atoms with Gasteiger partial charge >= 0.3 is 5.97 Å². The van der Waals surface area contributed by atoms with E-state index in [1.807, 2.05) is 24.3 Å². The minimum Gasteiger partial charge on any atom is -0.462 e. The highest BCUT2D eigenvalue weighted by Gasteiger charge is 2.25. The summed E-state index contributed by atoms with van der Waals surface area (Å²) in [5, 5.41) is 15.8. The summed E-state index contributed by atoms with van der Waals surface area (Å²) in [6.45, 7) is 4.16. The maximum atomic E-state index is 12.5. The molecule has 1 fully saturated rings. The van der Waals surface area contributed by atoms with Crippen LogP contribution in [-0.2, 0) is 11.3 Å². The molecule has 1 aliphatic heterocycles. The van der Waals surface area contributed by atoms with Crippen LogP contribution in [0.5, 0.6) is 0 Å². The lowest BCUT2D eigenvalue weighted by atomic mass is 10.1. The first kappa shape index (κ1) is 19.8. The number of halogens is 1. The van der Waals surface area contributed by atoms with Crippen molar-refractivity contribution in [3.05, 3.63) is 52.9 Å². The Labute approximate surface area is 173 Å². The number of carbonyl (C=O) groups excluding carboxylic acids is 1. The molecule has 0 atom stereocenters. The molecule has 0 aliphatic carbocycles. The van der Waals surface area contributed by atoms with Gasteiger partial charge in [-0.25, -0.2) is 9.48 Å². The van der Waals surface area contributed by atoms with Crippen molar-refractivity contribution in [2.45, 2.75) is 32.4 Å². The molecule has 1 aromatic carbocycles. The zero-order valence-corrected chi connectivity index (χ0v) is 17.0. The average Bonchev–Trinajstić information content (AvgIpc) is 3.12. The van der Waals surface area contributed by atoms with Crippen molar-refractivity contribution in [1.29, 1.82) is 0 Å². The number of nitrogens with zero attached hydrogens (tertiary/aromatic N) is 4. The average molecular weight is 415 g/mol. The predicted octanol–water partition coefficient (Wildman–Crippen LogP) is 3.21. The Morgan fingerprint density at radius 1 is 1.31 bits per heavy atom. The second-order valence-electron chi connectivity index (χ2n) is 7.14. The zero-order chi connectivity index (χ0) is 20.4. The topological polar surface area (TPSA) is 80.5 Å². The molecular formula is C21H23ClN4O3. The third kappa shape index (κ3) is 4.12. The molecule has 0 amide bonds. The molecule has 3 heterocycles. The number of aromatic nitrogens is 3. The van der Waals surface area contributed by atoms with Crippen LogP contribution >= 0.6 is 11.6 Å². The summed E-state index contributed by atoms with van der Waals surface area (Å²) in [5.74, 6) is -0.382. The van der Waals surface area contributed by atoms with E-state index < -0.39 is 0 Å². The summed E-state index contributed by atoms with van der Waals surface area (Å²) >= 11 is 6.12. The van der Waals surface area contributed by atoms with E-state index in [1.165, 1.54) is 0 Å². The van der Waals surface area contributed by atoms with Gasteiger partial charge in [0.25, 0.3) is 0 Å². The number of carbonyl (C=O) groups is 1. The van der Waals surface area contributed by atoms with E-state index in [1.54, 1.807) is 24.0 Å². The van der Waals surface area contributed by atoms with Gasteiger partial charge in [-0.1, -0.05) is 11.6 Å². The van der Waals surface area contributed by atoms with Gasteiger partial charge in [0.15, 0.2) is 0 Å². The monoisotopic (exact) mass is 414 g/mol. The molecule has 4 rings (SSSR count). The fraction of sp³-hybridized carbons (Fsp3) is 0.381. The van der Waals surface area contributed by atoms with Gasteiger partial charge < -0.3 is 9.84 Å². The van der Waals surface area contributed by atoms with Gasteiger partial charge in [-0.3, -0.25) is 9.88 Å². The molecule has 0 unspecified atom stereocenters. The Kier molecular flexibility index (Phi) is 5.80. The van der Waals surface area contributed by atoms with Crippen LogP contribution in [0.4, 0.5) is 0 Å². The number of piperidine rings is 1. The maximum Gasteiger partial charge on any atom is 0.341 e. The van der Waals surface area contributed by atoms with Crippen LogP contribution in [0.2, 0.25) is 5.02 Å². The first-order valence-corrected chi connectivity index (χ1v) is 10.1. The van der Waals surface area contributed by atoms with E-state index >= 15 is 0 Å². The van der Waals surface area contributed by atoms with Crippen molar-refractivity contribution in [3.63, 3.8) is 0 Å². The van der Waals surface area contributed by atoms with Crippen molar-refractivity contribution < 1.29 is 14.6 Å². The molecule has 0 saturated carbocycles. The van der Waals surface area contributed by atoms with Crippen molar-refractivity contribution >= 4 is 28.5 Å². The minimum atomic E-state index is -0.382. The molecule has 0 spiro atoms. The molecule has 1 saturated heterocycles.